The topological polar surface area (TPSA) is 291 Å². The van der Waals surface area contributed by atoms with Crippen molar-refractivity contribution in [1.29, 1.82) is 0 Å². The van der Waals surface area contributed by atoms with Crippen molar-refractivity contribution in [3.8, 4) is 0 Å². The summed E-state index contributed by atoms with van der Waals surface area (Å²) in [6.07, 6.45) is -8.47. The maximum absolute atomic E-state index is 9.77. The fourth-order valence-corrected chi connectivity index (χ4v) is 1.03. The summed E-state index contributed by atoms with van der Waals surface area (Å²) in [5, 5.41) is 91.0. The number of aliphatic hydroxyl groups excluding tert-OH is 7. The lowest BCUT2D eigenvalue weighted by Gasteiger charge is -2.24. The van der Waals surface area contributed by atoms with Gasteiger partial charge in [-0.3, -0.25) is 0 Å². The summed E-state index contributed by atoms with van der Waals surface area (Å²) in [5.74, 6) is -7.07. The van der Waals surface area contributed by atoms with Gasteiger partial charge >= 0.3 is 23.9 Å². The Morgan fingerprint density at radius 2 is 0.759 bits per heavy atom. The molecule has 0 heterocycles. The minimum absolute atomic E-state index is 0.156. The molecule has 29 heavy (non-hydrogen) atoms. The Kier molecular flexibility index (Phi) is 16.7. The van der Waals surface area contributed by atoms with Gasteiger partial charge in [0, 0.05) is 5.41 Å². The molecule has 0 radical (unpaired) electrons. The average molecular weight is 434 g/mol. The summed E-state index contributed by atoms with van der Waals surface area (Å²) >= 11 is 0. The molecule has 0 spiro atoms. The van der Waals surface area contributed by atoms with Crippen LogP contribution in [0.15, 0.2) is 0 Å². The number of rotatable bonds is 10. The smallest absolute Gasteiger partial charge is 0.335 e. The van der Waals surface area contributed by atoms with Gasteiger partial charge in [0.1, 0.15) is 0 Å². The van der Waals surface area contributed by atoms with E-state index in [0.717, 1.165) is 0 Å². The number of carbonyl (C=O) groups is 4. The zero-order valence-electron chi connectivity index (χ0n) is 15.2. The normalized spacial score (nSPS) is 14.6. The third-order valence-electron chi connectivity index (χ3n) is 3.37. The van der Waals surface area contributed by atoms with Gasteiger partial charge in [0.05, 0.1) is 19.8 Å². The fraction of sp³-hybridized carbons (Fsp3) is 0.714. The minimum atomic E-state index is -2.27. The molecule has 0 bridgehead atoms. The Bertz CT molecular complexity index is 426. The summed E-state index contributed by atoms with van der Waals surface area (Å²) in [6, 6.07) is 0. The number of aliphatic hydroxyl groups is 7. The van der Waals surface area contributed by atoms with Crippen molar-refractivity contribution in [1.82, 2.24) is 0 Å². The highest BCUT2D eigenvalue weighted by molar-refractivity contribution is 5.83. The summed E-state index contributed by atoms with van der Waals surface area (Å²) in [4.78, 5) is 39.1. The van der Waals surface area contributed by atoms with Crippen LogP contribution in [0.5, 0.6) is 0 Å². The van der Waals surface area contributed by atoms with Gasteiger partial charge in [0.2, 0.25) is 0 Å². The van der Waals surface area contributed by atoms with Crippen molar-refractivity contribution in [2.75, 3.05) is 19.8 Å². The van der Waals surface area contributed by atoms with Crippen LogP contribution < -0.4 is 0 Å². The molecule has 0 rings (SSSR count). The zero-order valence-corrected chi connectivity index (χ0v) is 15.2. The monoisotopic (exact) mass is 434 g/mol. The van der Waals surface area contributed by atoms with Gasteiger partial charge < -0.3 is 56.2 Å². The molecule has 15 heteroatoms. The number of carboxylic acids is 4. The lowest BCUT2D eigenvalue weighted by Crippen LogP contribution is -2.39. The summed E-state index contributed by atoms with van der Waals surface area (Å²) in [6.45, 7) is 1.35. The molecule has 0 aliphatic heterocycles. The maximum Gasteiger partial charge on any atom is 0.335 e. The van der Waals surface area contributed by atoms with Crippen LogP contribution in [-0.4, -0.2) is 124 Å². The third-order valence-corrected chi connectivity index (χ3v) is 3.37. The third kappa shape index (κ3) is 12.6. The van der Waals surface area contributed by atoms with E-state index in [9.17, 15) is 19.2 Å². The Morgan fingerprint density at radius 1 is 0.586 bits per heavy atom. The quantitative estimate of drug-likeness (QED) is 0.153. The van der Waals surface area contributed by atoms with E-state index in [1.54, 1.807) is 0 Å². The van der Waals surface area contributed by atoms with Crippen LogP contribution in [0.25, 0.3) is 0 Å². The lowest BCUT2D eigenvalue weighted by atomic mass is 9.88. The second-order valence-corrected chi connectivity index (χ2v) is 5.46. The van der Waals surface area contributed by atoms with Gasteiger partial charge in [-0.15, -0.1) is 0 Å². The van der Waals surface area contributed by atoms with Crippen molar-refractivity contribution in [3.63, 3.8) is 0 Å². The molecule has 0 saturated heterocycles. The largest absolute Gasteiger partial charge is 0.479 e. The molecule has 0 aromatic rings. The van der Waals surface area contributed by atoms with Gasteiger partial charge in [0.25, 0.3) is 0 Å². The average Bonchev–Trinajstić information content (AvgIpc) is 2.68. The predicted molar refractivity (Wildman–Crippen MR) is 88.6 cm³/mol. The Morgan fingerprint density at radius 3 is 0.793 bits per heavy atom. The molecule has 0 fully saturated rings. The van der Waals surface area contributed by atoms with E-state index in [1.807, 2.05) is 6.92 Å². The molecule has 4 unspecified atom stereocenters. The molecule has 0 saturated carbocycles. The highest BCUT2D eigenvalue weighted by Gasteiger charge is 2.30. The Balaban J connectivity index is -0.000000350. The highest BCUT2D eigenvalue weighted by Crippen LogP contribution is 2.18. The molecule has 0 amide bonds. The van der Waals surface area contributed by atoms with Gasteiger partial charge in [-0.25, -0.2) is 19.2 Å². The van der Waals surface area contributed by atoms with Crippen LogP contribution in [0.4, 0.5) is 0 Å². The first kappa shape index (κ1) is 31.3. The molecule has 172 valence electrons. The molecular formula is C14H26O15. The SMILES string of the molecule is CCC(CO)(CO)CO.O=C(O)C(O)C(O)C(=O)O.O=C(O)C(O)C(O)C(=O)O. The molecule has 4 atom stereocenters. The first-order chi connectivity index (χ1) is 13.2. The standard InChI is InChI=1S/C6H14O3.2C4H6O6/c1-2-6(3-7,4-8)5-9;2*5-1(3(7)8)2(6)4(9)10/h7-9H,2-5H2,1H3;2*1-2,5-6H,(H,7,8)(H,9,10). The molecule has 0 aromatic carbocycles. The molecule has 0 aliphatic rings. The van der Waals surface area contributed by atoms with Crippen molar-refractivity contribution >= 4 is 23.9 Å². The summed E-state index contributed by atoms with van der Waals surface area (Å²) < 4.78 is 0. The number of carboxylic acid groups (broad SMARTS) is 4. The van der Waals surface area contributed by atoms with Crippen LogP contribution in [0, 0.1) is 5.41 Å². The molecule has 15 nitrogen and oxygen atoms in total. The van der Waals surface area contributed by atoms with E-state index in [4.69, 9.17) is 56.2 Å². The fourth-order valence-electron chi connectivity index (χ4n) is 1.03. The molecule has 0 aromatic heterocycles. The summed E-state index contributed by atoms with van der Waals surface area (Å²) in [7, 11) is 0. The Labute approximate surface area is 163 Å². The van der Waals surface area contributed by atoms with Crippen LogP contribution in [0.1, 0.15) is 13.3 Å². The van der Waals surface area contributed by atoms with Gasteiger partial charge in [-0.1, -0.05) is 6.92 Å². The maximum atomic E-state index is 9.77. The van der Waals surface area contributed by atoms with Gasteiger partial charge in [-0.05, 0) is 6.42 Å². The molecule has 0 aliphatic carbocycles. The second-order valence-electron chi connectivity index (χ2n) is 5.46. The van der Waals surface area contributed by atoms with Crippen LogP contribution >= 0.6 is 0 Å². The predicted octanol–water partition coefficient (Wildman–Crippen LogP) is -4.89. The second kappa shape index (κ2) is 15.5. The van der Waals surface area contributed by atoms with E-state index in [2.05, 4.69) is 0 Å². The first-order valence-electron chi connectivity index (χ1n) is 7.64. The van der Waals surface area contributed by atoms with Crippen molar-refractivity contribution < 1.29 is 75.3 Å². The zero-order chi connectivity index (χ0) is 23.9. The van der Waals surface area contributed by atoms with Crippen LogP contribution in [0.3, 0.4) is 0 Å². The van der Waals surface area contributed by atoms with Crippen LogP contribution in [-0.2, 0) is 19.2 Å². The van der Waals surface area contributed by atoms with E-state index >= 15 is 0 Å². The van der Waals surface area contributed by atoms with Gasteiger partial charge in [-0.2, -0.15) is 0 Å². The van der Waals surface area contributed by atoms with Crippen molar-refractivity contribution in [2.24, 2.45) is 5.41 Å². The first-order valence-corrected chi connectivity index (χ1v) is 7.64. The summed E-state index contributed by atoms with van der Waals surface area (Å²) in [5.41, 5.74) is -0.667. The lowest BCUT2D eigenvalue weighted by molar-refractivity contribution is -0.165. The van der Waals surface area contributed by atoms with Crippen molar-refractivity contribution in [2.45, 2.75) is 37.8 Å². The molecule has 11 N–H and O–H groups in total. The van der Waals surface area contributed by atoms with E-state index in [1.165, 1.54) is 0 Å². The van der Waals surface area contributed by atoms with E-state index in [0.29, 0.717) is 6.42 Å². The number of aliphatic carboxylic acids is 4. The van der Waals surface area contributed by atoms with Gasteiger partial charge in [0.15, 0.2) is 24.4 Å². The minimum Gasteiger partial charge on any atom is -0.479 e. The van der Waals surface area contributed by atoms with E-state index in [-0.39, 0.29) is 19.8 Å². The van der Waals surface area contributed by atoms with E-state index < -0.39 is 53.7 Å². The molecular weight excluding hydrogens is 408 g/mol. The van der Waals surface area contributed by atoms with Crippen molar-refractivity contribution in [3.05, 3.63) is 0 Å². The highest BCUT2D eigenvalue weighted by atomic mass is 16.4. The Hall–Kier alpha value is -2.40. The number of hydrogen-bond acceptors (Lipinski definition) is 11. The van der Waals surface area contributed by atoms with Crippen LogP contribution in [0.2, 0.25) is 0 Å². The number of hydrogen-bond donors (Lipinski definition) is 11.